The number of rotatable bonds is 7. The van der Waals surface area contributed by atoms with E-state index in [4.69, 9.17) is 5.11 Å². The average Bonchev–Trinajstić information content (AvgIpc) is 2.45. The molecule has 5 nitrogen and oxygen atoms in total. The Balaban J connectivity index is 2.75. The van der Waals surface area contributed by atoms with Crippen molar-refractivity contribution in [2.24, 2.45) is 5.92 Å². The predicted molar refractivity (Wildman–Crippen MR) is 82.6 cm³/mol. The molecule has 1 radical (unpaired) electrons. The molecule has 133 valence electrons. The van der Waals surface area contributed by atoms with Gasteiger partial charge in [0.25, 0.3) is 5.91 Å². The van der Waals surface area contributed by atoms with E-state index in [0.29, 0.717) is 0 Å². The molecule has 0 saturated heterocycles. The van der Waals surface area contributed by atoms with Crippen LogP contribution in [0.3, 0.4) is 0 Å². The quantitative estimate of drug-likeness (QED) is 0.710. The second kappa shape index (κ2) is 8.56. The lowest BCUT2D eigenvalue weighted by Crippen LogP contribution is -2.43. The minimum atomic E-state index is -4.45. The van der Waals surface area contributed by atoms with Crippen LogP contribution in [0.15, 0.2) is 24.3 Å². The van der Waals surface area contributed by atoms with Gasteiger partial charge in [0.15, 0.2) is 0 Å². The molecular weight excluding hydrogens is 325 g/mol. The van der Waals surface area contributed by atoms with Gasteiger partial charge in [-0.2, -0.15) is 13.2 Å². The maximum Gasteiger partial charge on any atom is 0.404 e. The highest BCUT2D eigenvalue weighted by Crippen LogP contribution is 2.25. The first-order valence-electron chi connectivity index (χ1n) is 7.33. The molecule has 1 aromatic rings. The molecule has 2 unspecified atom stereocenters. The Morgan fingerprint density at radius 3 is 2.33 bits per heavy atom. The van der Waals surface area contributed by atoms with Crippen molar-refractivity contribution in [1.29, 1.82) is 0 Å². The molecule has 2 amide bonds. The molecule has 2 atom stereocenters. The van der Waals surface area contributed by atoms with Crippen molar-refractivity contribution in [2.75, 3.05) is 6.54 Å². The van der Waals surface area contributed by atoms with E-state index in [9.17, 15) is 22.8 Å². The van der Waals surface area contributed by atoms with Crippen LogP contribution >= 0.6 is 0 Å². The molecule has 0 spiro atoms. The number of hydrogen-bond acceptors (Lipinski definition) is 2. The molecule has 8 heteroatoms. The van der Waals surface area contributed by atoms with Gasteiger partial charge in [-0.1, -0.05) is 24.6 Å². The zero-order valence-electron chi connectivity index (χ0n) is 13.4. The van der Waals surface area contributed by atoms with Gasteiger partial charge in [-0.25, -0.2) is 4.79 Å². The van der Waals surface area contributed by atoms with Crippen LogP contribution in [0.4, 0.5) is 18.0 Å². The number of nitrogens with one attached hydrogen (secondary N) is 2. The van der Waals surface area contributed by atoms with Crippen molar-refractivity contribution >= 4 is 12.0 Å². The molecule has 0 aliphatic carbocycles. The molecule has 0 bridgehead atoms. The molecule has 24 heavy (non-hydrogen) atoms. The van der Waals surface area contributed by atoms with E-state index in [1.54, 1.807) is 12.1 Å². The number of carbonyl (C=O) groups is 2. The van der Waals surface area contributed by atoms with Crippen molar-refractivity contribution in [3.8, 4) is 0 Å². The molecule has 0 fully saturated rings. The van der Waals surface area contributed by atoms with Crippen LogP contribution in [0.25, 0.3) is 0 Å². The Bertz CT molecular complexity index is 559. The Kier molecular flexibility index (Phi) is 7.06. The largest absolute Gasteiger partial charge is 0.465 e. The lowest BCUT2D eigenvalue weighted by molar-refractivity contribution is -0.141. The molecule has 0 aliphatic heterocycles. The van der Waals surface area contributed by atoms with Gasteiger partial charge in [-0.05, 0) is 31.4 Å². The fourth-order valence-corrected chi connectivity index (χ4v) is 2.07. The number of amides is 2. The Morgan fingerprint density at radius 2 is 1.83 bits per heavy atom. The standard InChI is InChI=1S/C16H20F3N2O3/c1-10-3-5-12(6-4-10)14(22)21-13(9-16(17,18)19)11(2)7-8-20-15(23)24/h3-7,11,13,20H,8-9H2,1-2H3,(H,21,22)(H,23,24). The van der Waals surface area contributed by atoms with Gasteiger partial charge in [-0.3, -0.25) is 4.79 Å². The lowest BCUT2D eigenvalue weighted by Gasteiger charge is -2.26. The second-order valence-electron chi connectivity index (χ2n) is 5.55. The summed E-state index contributed by atoms with van der Waals surface area (Å²) in [6.07, 6.45) is -5.53. The van der Waals surface area contributed by atoms with Crippen LogP contribution in [0, 0.1) is 19.3 Å². The van der Waals surface area contributed by atoms with Crippen LogP contribution < -0.4 is 10.6 Å². The summed E-state index contributed by atoms with van der Waals surface area (Å²) in [7, 11) is 0. The van der Waals surface area contributed by atoms with E-state index < -0.39 is 36.6 Å². The van der Waals surface area contributed by atoms with Crippen LogP contribution in [0.2, 0.25) is 0 Å². The van der Waals surface area contributed by atoms with Gasteiger partial charge in [0.05, 0.1) is 6.42 Å². The van der Waals surface area contributed by atoms with E-state index in [1.165, 1.54) is 25.5 Å². The first-order valence-corrected chi connectivity index (χ1v) is 7.33. The summed E-state index contributed by atoms with van der Waals surface area (Å²) in [5.74, 6) is -1.27. The minimum absolute atomic E-state index is 0.106. The number of benzene rings is 1. The predicted octanol–water partition coefficient (Wildman–Crippen LogP) is 3.15. The molecule has 1 aromatic carbocycles. The lowest BCUT2D eigenvalue weighted by atomic mass is 9.94. The monoisotopic (exact) mass is 345 g/mol. The summed E-state index contributed by atoms with van der Waals surface area (Å²) in [5.41, 5.74) is 1.20. The number of alkyl halides is 3. The minimum Gasteiger partial charge on any atom is -0.465 e. The fraction of sp³-hybridized carbons (Fsp3) is 0.438. The highest BCUT2D eigenvalue weighted by molar-refractivity contribution is 5.94. The first kappa shape index (κ1) is 19.8. The topological polar surface area (TPSA) is 78.4 Å². The zero-order valence-corrected chi connectivity index (χ0v) is 13.4. The number of aryl methyl sites for hydroxylation is 1. The normalized spacial score (nSPS) is 13.9. The van der Waals surface area contributed by atoms with Crippen molar-refractivity contribution in [2.45, 2.75) is 32.5 Å². The van der Waals surface area contributed by atoms with Crippen molar-refractivity contribution in [3.05, 3.63) is 41.8 Å². The molecule has 0 saturated carbocycles. The highest BCUT2D eigenvalue weighted by Gasteiger charge is 2.35. The van der Waals surface area contributed by atoms with Gasteiger partial charge in [0.1, 0.15) is 0 Å². The third-order valence-electron chi connectivity index (χ3n) is 3.46. The first-order chi connectivity index (χ1) is 11.1. The second-order valence-corrected chi connectivity index (χ2v) is 5.55. The van der Waals surface area contributed by atoms with E-state index in [2.05, 4.69) is 10.6 Å². The van der Waals surface area contributed by atoms with Crippen LogP contribution in [-0.2, 0) is 0 Å². The maximum absolute atomic E-state index is 12.7. The smallest absolute Gasteiger partial charge is 0.404 e. The molecule has 0 heterocycles. The van der Waals surface area contributed by atoms with E-state index in [1.807, 2.05) is 6.92 Å². The van der Waals surface area contributed by atoms with Crippen LogP contribution in [0.5, 0.6) is 0 Å². The molecular formula is C16H20F3N2O3. The summed E-state index contributed by atoms with van der Waals surface area (Å²) >= 11 is 0. The summed E-state index contributed by atoms with van der Waals surface area (Å²) in [5, 5.41) is 12.9. The zero-order chi connectivity index (χ0) is 18.3. The third kappa shape index (κ3) is 7.34. The molecule has 3 N–H and O–H groups in total. The summed E-state index contributed by atoms with van der Waals surface area (Å²) < 4.78 is 38.2. The van der Waals surface area contributed by atoms with Gasteiger partial charge < -0.3 is 15.7 Å². The average molecular weight is 345 g/mol. The van der Waals surface area contributed by atoms with Gasteiger partial charge >= 0.3 is 12.3 Å². The third-order valence-corrected chi connectivity index (χ3v) is 3.46. The molecule has 0 aromatic heterocycles. The summed E-state index contributed by atoms with van der Waals surface area (Å²) in [6.45, 7) is 3.22. The number of halogens is 3. The van der Waals surface area contributed by atoms with Gasteiger partial charge in [0, 0.05) is 18.2 Å². The van der Waals surface area contributed by atoms with Crippen molar-refractivity contribution < 1.29 is 27.9 Å². The Hall–Kier alpha value is -2.25. The Labute approximate surface area is 138 Å². The fourth-order valence-electron chi connectivity index (χ4n) is 2.07. The van der Waals surface area contributed by atoms with E-state index in [-0.39, 0.29) is 12.1 Å². The number of hydrogen-bond donors (Lipinski definition) is 3. The van der Waals surface area contributed by atoms with E-state index >= 15 is 0 Å². The van der Waals surface area contributed by atoms with Crippen LogP contribution in [-0.4, -0.2) is 35.9 Å². The van der Waals surface area contributed by atoms with E-state index in [0.717, 1.165) is 5.56 Å². The molecule has 0 aliphatic rings. The number of carboxylic acid groups (broad SMARTS) is 1. The molecule has 1 rings (SSSR count). The van der Waals surface area contributed by atoms with Gasteiger partial charge in [-0.15, -0.1) is 0 Å². The summed E-state index contributed by atoms with van der Waals surface area (Å²) in [6, 6.07) is 5.28. The van der Waals surface area contributed by atoms with Crippen molar-refractivity contribution in [3.63, 3.8) is 0 Å². The SMILES string of the molecule is Cc1ccc(C(=O)NC(CC(F)(F)F)C(C)[CH]CNC(=O)O)cc1. The van der Waals surface area contributed by atoms with Gasteiger partial charge in [0.2, 0.25) is 0 Å². The maximum atomic E-state index is 12.7. The number of carbonyl (C=O) groups excluding carboxylic acids is 1. The summed E-state index contributed by atoms with van der Waals surface area (Å²) in [4.78, 5) is 22.5. The van der Waals surface area contributed by atoms with Crippen molar-refractivity contribution in [1.82, 2.24) is 10.6 Å². The Morgan fingerprint density at radius 1 is 1.25 bits per heavy atom. The van der Waals surface area contributed by atoms with Crippen LogP contribution in [0.1, 0.15) is 29.3 Å². The highest BCUT2D eigenvalue weighted by atomic mass is 19.4.